The van der Waals surface area contributed by atoms with E-state index in [0.29, 0.717) is 28.3 Å². The number of benzene rings is 2. The summed E-state index contributed by atoms with van der Waals surface area (Å²) in [6, 6.07) is 11.6. The van der Waals surface area contributed by atoms with E-state index in [9.17, 15) is 19.1 Å². The number of carbonyl (C=O) groups excluding carboxylic acids is 1. The number of carboxylic acid groups (broad SMARTS) is 1. The van der Waals surface area contributed by atoms with Crippen molar-refractivity contribution in [1.82, 2.24) is 4.98 Å². The topological polar surface area (TPSA) is 106 Å². The molecule has 0 aliphatic rings. The van der Waals surface area contributed by atoms with Gasteiger partial charge >= 0.3 is 5.97 Å². The first-order chi connectivity index (χ1) is 15.3. The second kappa shape index (κ2) is 10.5. The zero-order chi connectivity index (χ0) is 23.3. The number of nitrogens with two attached hydrogens (primary N) is 1. The third-order valence-electron chi connectivity index (χ3n) is 5.30. The highest BCUT2D eigenvalue weighted by atomic mass is 35.5. The number of halogens is 2. The van der Waals surface area contributed by atoms with Crippen molar-refractivity contribution in [1.29, 1.82) is 0 Å². The fourth-order valence-corrected chi connectivity index (χ4v) is 3.82. The Bertz CT molecular complexity index is 1100. The molecule has 3 aromatic rings. The Morgan fingerprint density at radius 2 is 1.94 bits per heavy atom. The van der Waals surface area contributed by atoms with E-state index in [2.05, 4.69) is 4.98 Å². The van der Waals surface area contributed by atoms with Crippen LogP contribution in [0.15, 0.2) is 53.1 Å². The lowest BCUT2D eigenvalue weighted by Gasteiger charge is -2.20. The monoisotopic (exact) mass is 458 g/mol. The van der Waals surface area contributed by atoms with Crippen LogP contribution < -0.4 is 5.73 Å². The molecule has 0 bridgehead atoms. The number of rotatable bonds is 10. The molecule has 3 rings (SSSR count). The number of aliphatic carboxylic acids is 1. The molecule has 0 fully saturated rings. The van der Waals surface area contributed by atoms with Crippen molar-refractivity contribution in [3.05, 3.63) is 76.7 Å². The smallest absolute Gasteiger partial charge is 0.307 e. The van der Waals surface area contributed by atoms with Crippen LogP contribution in [0.25, 0.3) is 11.1 Å². The van der Waals surface area contributed by atoms with Crippen LogP contribution in [0.3, 0.4) is 0 Å². The quantitative estimate of drug-likeness (QED) is 0.417. The number of aryl methyl sites for hydroxylation is 1. The van der Waals surface area contributed by atoms with Crippen LogP contribution in [-0.2, 0) is 11.2 Å². The van der Waals surface area contributed by atoms with Crippen molar-refractivity contribution in [2.24, 2.45) is 17.6 Å². The first-order valence-corrected chi connectivity index (χ1v) is 10.6. The number of oxazole rings is 1. The van der Waals surface area contributed by atoms with E-state index in [4.69, 9.17) is 21.8 Å². The van der Waals surface area contributed by atoms with Crippen LogP contribution in [0, 0.1) is 24.6 Å². The van der Waals surface area contributed by atoms with Crippen LogP contribution in [-0.4, -0.2) is 28.4 Å². The van der Waals surface area contributed by atoms with Gasteiger partial charge in [0.25, 0.3) is 5.89 Å². The summed E-state index contributed by atoms with van der Waals surface area (Å²) >= 11 is 5.99. The van der Waals surface area contributed by atoms with Gasteiger partial charge in [-0.3, -0.25) is 9.59 Å². The van der Waals surface area contributed by atoms with Gasteiger partial charge < -0.3 is 15.3 Å². The lowest BCUT2D eigenvalue weighted by atomic mass is 9.85. The van der Waals surface area contributed by atoms with Gasteiger partial charge in [-0.1, -0.05) is 35.9 Å². The molecule has 0 spiro atoms. The van der Waals surface area contributed by atoms with Crippen molar-refractivity contribution in [3.8, 4) is 11.1 Å². The molecule has 0 aliphatic carbocycles. The Kier molecular flexibility index (Phi) is 7.77. The maximum atomic E-state index is 14.2. The Hall–Kier alpha value is -3.03. The highest BCUT2D eigenvalue weighted by Gasteiger charge is 2.25. The van der Waals surface area contributed by atoms with Crippen molar-refractivity contribution in [3.63, 3.8) is 0 Å². The maximum absolute atomic E-state index is 14.2. The van der Waals surface area contributed by atoms with E-state index < -0.39 is 11.9 Å². The highest BCUT2D eigenvalue weighted by Crippen LogP contribution is 2.28. The third kappa shape index (κ3) is 6.02. The number of nitrogens with zero attached hydrogens (tertiary/aromatic N) is 1. The molecule has 2 aromatic carbocycles. The van der Waals surface area contributed by atoms with E-state index in [1.807, 2.05) is 12.1 Å². The fraction of sp³-hybridized carbons (Fsp3) is 0.292. The molecule has 0 saturated heterocycles. The molecule has 0 radical (unpaired) electrons. The average molecular weight is 459 g/mol. The van der Waals surface area contributed by atoms with Gasteiger partial charge in [0, 0.05) is 23.6 Å². The van der Waals surface area contributed by atoms with Crippen molar-refractivity contribution < 1.29 is 23.5 Å². The third-order valence-corrected chi connectivity index (χ3v) is 5.54. The predicted octanol–water partition coefficient (Wildman–Crippen LogP) is 4.92. The number of carbonyl (C=O) groups is 2. The molecule has 1 heterocycles. The summed E-state index contributed by atoms with van der Waals surface area (Å²) in [5, 5.41) is 9.85. The zero-order valence-electron chi connectivity index (χ0n) is 17.6. The SMILES string of the molecule is Cc1cnc(C(=O)C[C@H](Cc2ccc(-c3cc(Cl)ccc3F)cc2)C[C@@H](CN)C(=O)O)o1. The van der Waals surface area contributed by atoms with E-state index in [0.717, 1.165) is 5.56 Å². The Labute approximate surface area is 190 Å². The molecule has 0 aliphatic heterocycles. The first-order valence-electron chi connectivity index (χ1n) is 10.2. The van der Waals surface area contributed by atoms with Crippen molar-refractivity contribution in [2.75, 3.05) is 6.54 Å². The molecular weight excluding hydrogens is 435 g/mol. The van der Waals surface area contributed by atoms with Crippen LogP contribution >= 0.6 is 11.6 Å². The summed E-state index contributed by atoms with van der Waals surface area (Å²) in [6.07, 6.45) is 2.24. The summed E-state index contributed by atoms with van der Waals surface area (Å²) in [5.41, 5.74) is 7.58. The van der Waals surface area contributed by atoms with Crippen molar-refractivity contribution >= 4 is 23.4 Å². The number of hydrogen-bond acceptors (Lipinski definition) is 5. The van der Waals surface area contributed by atoms with Crippen LogP contribution in [0.2, 0.25) is 5.02 Å². The molecule has 168 valence electrons. The summed E-state index contributed by atoms with van der Waals surface area (Å²) in [5.74, 6) is -2.17. The molecule has 1 aromatic heterocycles. The molecule has 32 heavy (non-hydrogen) atoms. The van der Waals surface area contributed by atoms with Gasteiger partial charge in [0.05, 0.1) is 12.1 Å². The number of carboxylic acids is 1. The van der Waals surface area contributed by atoms with E-state index in [-0.39, 0.29) is 42.8 Å². The normalized spacial score (nSPS) is 13.0. The Morgan fingerprint density at radius 1 is 1.22 bits per heavy atom. The van der Waals surface area contributed by atoms with Crippen LogP contribution in [0.5, 0.6) is 0 Å². The molecule has 2 atom stereocenters. The number of ketones is 1. The summed E-state index contributed by atoms with van der Waals surface area (Å²) in [4.78, 5) is 28.1. The standard InChI is InChI=1S/C24H24ClFN2O4/c1-14-13-28-23(32-14)22(29)10-16(9-18(12-27)24(30)31)8-15-2-4-17(5-3-15)20-11-19(25)6-7-21(20)26/h2-7,11,13,16,18H,8-10,12,27H2,1H3,(H,30,31)/t16-,18+/m1/s1. The molecule has 0 unspecified atom stereocenters. The lowest BCUT2D eigenvalue weighted by molar-refractivity contribution is -0.142. The van der Waals surface area contributed by atoms with Crippen LogP contribution in [0.4, 0.5) is 4.39 Å². The van der Waals surface area contributed by atoms with Crippen molar-refractivity contribution in [2.45, 2.75) is 26.2 Å². The van der Waals surface area contributed by atoms with Gasteiger partial charge in [-0.15, -0.1) is 0 Å². The van der Waals surface area contributed by atoms with Gasteiger partial charge in [-0.05, 0) is 55.0 Å². The van der Waals surface area contributed by atoms with E-state index in [1.54, 1.807) is 25.1 Å². The first kappa shape index (κ1) is 23.6. The Balaban J connectivity index is 1.79. The summed E-state index contributed by atoms with van der Waals surface area (Å²) < 4.78 is 19.5. The molecule has 6 nitrogen and oxygen atoms in total. The van der Waals surface area contributed by atoms with E-state index in [1.165, 1.54) is 18.3 Å². The van der Waals surface area contributed by atoms with Gasteiger partial charge in [0.15, 0.2) is 0 Å². The minimum atomic E-state index is -0.997. The molecule has 3 N–H and O–H groups in total. The minimum Gasteiger partial charge on any atom is -0.481 e. The second-order valence-electron chi connectivity index (χ2n) is 7.80. The minimum absolute atomic E-state index is 0.0129. The maximum Gasteiger partial charge on any atom is 0.307 e. The molecule has 8 heteroatoms. The van der Waals surface area contributed by atoms with Gasteiger partial charge in [-0.2, -0.15) is 0 Å². The predicted molar refractivity (Wildman–Crippen MR) is 119 cm³/mol. The van der Waals surface area contributed by atoms with Crippen LogP contribution in [0.1, 0.15) is 34.9 Å². The fourth-order valence-electron chi connectivity index (χ4n) is 3.64. The Morgan fingerprint density at radius 3 is 2.53 bits per heavy atom. The second-order valence-corrected chi connectivity index (χ2v) is 8.24. The number of hydrogen-bond donors (Lipinski definition) is 2. The molecular formula is C24H24ClFN2O4. The highest BCUT2D eigenvalue weighted by molar-refractivity contribution is 6.30. The largest absolute Gasteiger partial charge is 0.481 e. The summed E-state index contributed by atoms with van der Waals surface area (Å²) in [6.45, 7) is 1.67. The number of aromatic nitrogens is 1. The van der Waals surface area contributed by atoms with Gasteiger partial charge in [0.2, 0.25) is 5.78 Å². The molecule has 0 saturated carbocycles. The lowest BCUT2D eigenvalue weighted by Crippen LogP contribution is -2.27. The zero-order valence-corrected chi connectivity index (χ0v) is 18.3. The molecule has 0 amide bonds. The summed E-state index contributed by atoms with van der Waals surface area (Å²) in [7, 11) is 0. The van der Waals surface area contributed by atoms with Gasteiger partial charge in [0.1, 0.15) is 11.6 Å². The van der Waals surface area contributed by atoms with E-state index >= 15 is 0 Å². The average Bonchev–Trinajstić information content (AvgIpc) is 3.20. The van der Waals surface area contributed by atoms with Gasteiger partial charge in [-0.25, -0.2) is 9.37 Å². The number of Topliss-reactive ketones (excluding diaryl/α,β-unsaturated/α-hetero) is 1.